The molecule has 9 heteroatoms. The van der Waals surface area contributed by atoms with Gasteiger partial charge in [-0.05, 0) is 18.2 Å². The Morgan fingerprint density at radius 2 is 1.88 bits per heavy atom. The molecule has 0 saturated carbocycles. The highest BCUT2D eigenvalue weighted by Crippen LogP contribution is 2.24. The number of hydrogen-bond acceptors (Lipinski definition) is 7. The number of methoxy groups -OCH3 is 1. The maximum atomic E-state index is 12.7. The Morgan fingerprint density at radius 3 is 2.69 bits per heavy atom. The molecule has 32 heavy (non-hydrogen) atoms. The molecule has 164 valence electrons. The van der Waals surface area contributed by atoms with Gasteiger partial charge in [0.1, 0.15) is 23.4 Å². The molecule has 2 aromatic carbocycles. The first-order valence-electron chi connectivity index (χ1n) is 9.86. The van der Waals surface area contributed by atoms with Gasteiger partial charge >= 0.3 is 5.97 Å². The molecule has 0 saturated heterocycles. The minimum Gasteiger partial charge on any atom is -0.496 e. The number of ether oxygens (including phenoxy) is 2. The summed E-state index contributed by atoms with van der Waals surface area (Å²) < 4.78 is 17.0. The number of rotatable bonds is 7. The zero-order valence-electron chi connectivity index (χ0n) is 17.6. The summed E-state index contributed by atoms with van der Waals surface area (Å²) in [4.78, 5) is 42.9. The summed E-state index contributed by atoms with van der Waals surface area (Å²) >= 11 is 0. The van der Waals surface area contributed by atoms with Gasteiger partial charge in [0.05, 0.1) is 13.4 Å². The van der Waals surface area contributed by atoms with Gasteiger partial charge in [-0.15, -0.1) is 0 Å². The van der Waals surface area contributed by atoms with Gasteiger partial charge in [0.25, 0.3) is 11.5 Å². The molecule has 0 aliphatic carbocycles. The molecule has 4 rings (SSSR count). The second-order valence-electron chi connectivity index (χ2n) is 7.18. The molecule has 9 nitrogen and oxygen atoms in total. The Hall–Kier alpha value is -4.14. The lowest BCUT2D eigenvalue weighted by molar-refractivity contribution is -0.152. The van der Waals surface area contributed by atoms with Crippen molar-refractivity contribution in [2.24, 2.45) is 0 Å². The van der Waals surface area contributed by atoms with Crippen LogP contribution in [0.25, 0.3) is 22.1 Å². The first-order chi connectivity index (χ1) is 15.5. The van der Waals surface area contributed by atoms with Crippen LogP contribution in [0.3, 0.4) is 0 Å². The van der Waals surface area contributed by atoms with E-state index in [0.29, 0.717) is 23.4 Å². The van der Waals surface area contributed by atoms with Crippen LogP contribution in [0.2, 0.25) is 0 Å². The maximum Gasteiger partial charge on any atom is 0.326 e. The van der Waals surface area contributed by atoms with E-state index in [4.69, 9.17) is 13.9 Å². The fourth-order valence-electron chi connectivity index (χ4n) is 3.34. The standard InChI is InChI=1S/C23H21N3O6/c1-25(11-15-7-3-5-9-17(15)30-2)19(27)13-31-20(28)12-26-14-24-21-16-8-4-6-10-18(16)32-22(21)23(26)29/h3-10,14H,11-13H2,1-2H3. The molecule has 0 aliphatic rings. The van der Waals surface area contributed by atoms with Crippen LogP contribution < -0.4 is 10.3 Å². The van der Waals surface area contributed by atoms with Crippen LogP contribution in [0.4, 0.5) is 0 Å². The Kier molecular flexibility index (Phi) is 5.89. The van der Waals surface area contributed by atoms with E-state index in [0.717, 1.165) is 15.5 Å². The van der Waals surface area contributed by atoms with Crippen molar-refractivity contribution in [1.29, 1.82) is 0 Å². The topological polar surface area (TPSA) is 104 Å². The molecule has 0 spiro atoms. The van der Waals surface area contributed by atoms with Gasteiger partial charge in [0, 0.05) is 24.5 Å². The van der Waals surface area contributed by atoms with Gasteiger partial charge in [-0.3, -0.25) is 19.0 Å². The van der Waals surface area contributed by atoms with Crippen LogP contribution in [0.1, 0.15) is 5.56 Å². The molecule has 0 bridgehead atoms. The van der Waals surface area contributed by atoms with Gasteiger partial charge in [-0.25, -0.2) is 4.98 Å². The van der Waals surface area contributed by atoms with Crippen molar-refractivity contribution in [2.45, 2.75) is 13.1 Å². The summed E-state index contributed by atoms with van der Waals surface area (Å²) in [5.41, 5.74) is 1.37. The number of aromatic nitrogens is 2. The van der Waals surface area contributed by atoms with E-state index in [-0.39, 0.29) is 18.0 Å². The largest absolute Gasteiger partial charge is 0.496 e. The van der Waals surface area contributed by atoms with Gasteiger partial charge in [0.15, 0.2) is 6.61 Å². The van der Waals surface area contributed by atoms with Crippen molar-refractivity contribution in [3.8, 4) is 5.75 Å². The van der Waals surface area contributed by atoms with Crippen LogP contribution in [0.15, 0.2) is 64.1 Å². The number of carbonyl (C=O) groups is 2. The number of esters is 1. The lowest BCUT2D eigenvalue weighted by atomic mass is 10.2. The zero-order chi connectivity index (χ0) is 22.7. The van der Waals surface area contributed by atoms with E-state index in [1.54, 1.807) is 38.4 Å². The van der Waals surface area contributed by atoms with Gasteiger partial charge < -0.3 is 18.8 Å². The quantitative estimate of drug-likeness (QED) is 0.411. The number of fused-ring (bicyclic) bond motifs is 3. The van der Waals surface area contributed by atoms with Crippen LogP contribution >= 0.6 is 0 Å². The Bertz CT molecular complexity index is 1360. The minimum atomic E-state index is -0.733. The zero-order valence-corrected chi connectivity index (χ0v) is 17.6. The summed E-state index contributed by atoms with van der Waals surface area (Å²) in [6, 6.07) is 14.5. The van der Waals surface area contributed by atoms with E-state index < -0.39 is 18.1 Å². The minimum absolute atomic E-state index is 0.0640. The Balaban J connectivity index is 1.39. The third-order valence-electron chi connectivity index (χ3n) is 5.03. The first-order valence-corrected chi connectivity index (χ1v) is 9.86. The van der Waals surface area contributed by atoms with E-state index in [1.807, 2.05) is 24.3 Å². The average molecular weight is 435 g/mol. The summed E-state index contributed by atoms with van der Waals surface area (Å²) in [6.07, 6.45) is 1.27. The molecule has 0 unspecified atom stereocenters. The Labute approximate surface area is 182 Å². The highest BCUT2D eigenvalue weighted by atomic mass is 16.5. The molecule has 1 amide bonds. The van der Waals surface area contributed by atoms with Gasteiger partial charge in [0.2, 0.25) is 5.58 Å². The smallest absolute Gasteiger partial charge is 0.326 e. The molecule has 0 aliphatic heterocycles. The summed E-state index contributed by atoms with van der Waals surface area (Å²) in [6.45, 7) is -0.533. The van der Waals surface area contributed by atoms with E-state index >= 15 is 0 Å². The van der Waals surface area contributed by atoms with Crippen LogP contribution in [0, 0.1) is 0 Å². The molecule has 0 radical (unpaired) electrons. The second-order valence-corrected chi connectivity index (χ2v) is 7.18. The monoisotopic (exact) mass is 435 g/mol. The lowest BCUT2D eigenvalue weighted by Crippen LogP contribution is -2.32. The SMILES string of the molecule is COc1ccccc1CN(C)C(=O)COC(=O)Cn1cnc2c(oc3ccccc32)c1=O. The molecular weight excluding hydrogens is 414 g/mol. The molecule has 0 N–H and O–H groups in total. The van der Waals surface area contributed by atoms with Crippen LogP contribution in [0.5, 0.6) is 5.75 Å². The van der Waals surface area contributed by atoms with Crippen LogP contribution in [-0.2, 0) is 27.4 Å². The fourth-order valence-corrected chi connectivity index (χ4v) is 3.34. The highest BCUT2D eigenvalue weighted by molar-refractivity contribution is 6.01. The molecular formula is C23H21N3O6. The van der Waals surface area contributed by atoms with Gasteiger partial charge in [-0.2, -0.15) is 0 Å². The fraction of sp³-hybridized carbons (Fsp3) is 0.217. The Morgan fingerprint density at radius 1 is 1.12 bits per heavy atom. The number of amides is 1. The third-order valence-corrected chi connectivity index (χ3v) is 5.03. The maximum absolute atomic E-state index is 12.7. The molecule has 2 heterocycles. The highest BCUT2D eigenvalue weighted by Gasteiger charge is 2.17. The van der Waals surface area contributed by atoms with E-state index in [1.165, 1.54) is 11.2 Å². The number of benzene rings is 2. The van der Waals surface area contributed by atoms with Crippen molar-refractivity contribution < 1.29 is 23.5 Å². The van der Waals surface area contributed by atoms with Crippen molar-refractivity contribution in [2.75, 3.05) is 20.8 Å². The van der Waals surface area contributed by atoms with Crippen molar-refractivity contribution >= 4 is 33.9 Å². The molecule has 0 atom stereocenters. The average Bonchev–Trinajstić information content (AvgIpc) is 3.19. The predicted molar refractivity (Wildman–Crippen MR) is 116 cm³/mol. The number of para-hydroxylation sites is 2. The summed E-state index contributed by atoms with van der Waals surface area (Å²) in [7, 11) is 3.16. The van der Waals surface area contributed by atoms with Gasteiger partial charge in [-0.1, -0.05) is 30.3 Å². The number of hydrogen-bond donors (Lipinski definition) is 0. The van der Waals surface area contributed by atoms with E-state index in [2.05, 4.69) is 4.98 Å². The molecule has 4 aromatic rings. The number of furan rings is 1. The second kappa shape index (κ2) is 8.93. The number of nitrogens with zero attached hydrogens (tertiary/aromatic N) is 3. The normalized spacial score (nSPS) is 10.9. The first kappa shape index (κ1) is 21.1. The van der Waals surface area contributed by atoms with E-state index in [9.17, 15) is 14.4 Å². The summed E-state index contributed by atoms with van der Waals surface area (Å²) in [5.74, 6) is -0.456. The van der Waals surface area contributed by atoms with Crippen molar-refractivity contribution in [3.63, 3.8) is 0 Å². The number of likely N-dealkylation sites (N-methyl/N-ethyl adjacent to an activating group) is 1. The third kappa shape index (κ3) is 4.18. The number of carbonyl (C=O) groups excluding carboxylic acids is 2. The van der Waals surface area contributed by atoms with Crippen molar-refractivity contribution in [3.05, 3.63) is 70.8 Å². The van der Waals surface area contributed by atoms with Crippen molar-refractivity contribution in [1.82, 2.24) is 14.5 Å². The molecule has 0 fully saturated rings. The summed E-state index contributed by atoms with van der Waals surface area (Å²) in [5, 5.41) is 0.720. The predicted octanol–water partition coefficient (Wildman–Crippen LogP) is 2.35. The molecule has 2 aromatic heterocycles. The van der Waals surface area contributed by atoms with Crippen LogP contribution in [-0.4, -0.2) is 47.1 Å². The lowest BCUT2D eigenvalue weighted by Gasteiger charge is -2.18.